The van der Waals surface area contributed by atoms with Crippen LogP contribution >= 0.6 is 0 Å². The number of amides is 2. The molecule has 0 aliphatic carbocycles. The molecule has 2 heterocycles. The number of carbonyl (C=O) groups is 2. The van der Waals surface area contributed by atoms with E-state index in [1.54, 1.807) is 4.90 Å². The average molecular weight is 287 g/mol. The Kier molecular flexibility index (Phi) is 3.45. The lowest BCUT2D eigenvalue weighted by molar-refractivity contribution is -0.126. The van der Waals surface area contributed by atoms with E-state index in [0.717, 1.165) is 25.1 Å². The van der Waals surface area contributed by atoms with E-state index in [0.29, 0.717) is 5.69 Å². The Morgan fingerprint density at radius 1 is 1.33 bits per heavy atom. The van der Waals surface area contributed by atoms with Gasteiger partial charge in [0.25, 0.3) is 0 Å². The minimum absolute atomic E-state index is 0.0120. The van der Waals surface area contributed by atoms with Crippen LogP contribution in [0.25, 0.3) is 0 Å². The molecule has 1 unspecified atom stereocenters. The van der Waals surface area contributed by atoms with E-state index in [9.17, 15) is 9.59 Å². The van der Waals surface area contributed by atoms with Crippen molar-refractivity contribution in [3.8, 4) is 0 Å². The number of fused-ring (bicyclic) bond motifs is 1. The Morgan fingerprint density at radius 2 is 2.10 bits per heavy atom. The summed E-state index contributed by atoms with van der Waals surface area (Å²) in [5.74, 6) is -0.155. The van der Waals surface area contributed by atoms with Gasteiger partial charge in [0, 0.05) is 0 Å². The molecule has 21 heavy (non-hydrogen) atoms. The molecule has 2 aliphatic rings. The van der Waals surface area contributed by atoms with Crippen molar-refractivity contribution < 1.29 is 9.59 Å². The highest BCUT2D eigenvalue weighted by Crippen LogP contribution is 2.35. The van der Waals surface area contributed by atoms with Crippen molar-refractivity contribution in [3.63, 3.8) is 0 Å². The van der Waals surface area contributed by atoms with Gasteiger partial charge in [0.15, 0.2) is 0 Å². The third-order valence-electron chi connectivity index (χ3n) is 4.41. The molecule has 5 nitrogen and oxygen atoms in total. The quantitative estimate of drug-likeness (QED) is 0.827. The summed E-state index contributed by atoms with van der Waals surface area (Å²) in [5, 5.41) is 6.14. The number of para-hydroxylation sites is 2. The highest BCUT2D eigenvalue weighted by atomic mass is 16.2. The largest absolute Gasteiger partial charge is 0.323 e. The van der Waals surface area contributed by atoms with Crippen LogP contribution in [-0.4, -0.2) is 30.9 Å². The third kappa shape index (κ3) is 2.53. The van der Waals surface area contributed by atoms with Crippen LogP contribution < -0.4 is 15.5 Å². The van der Waals surface area contributed by atoms with Crippen LogP contribution in [-0.2, 0) is 9.59 Å². The number of rotatable bonds is 1. The zero-order valence-corrected chi connectivity index (χ0v) is 12.5. The fourth-order valence-corrected chi connectivity index (χ4v) is 3.22. The standard InChI is InChI=1S/C16H21N3O2/c1-16(2)8-5-9-17-14(16)15(21)19-10-13(20)18-11-6-3-4-7-12(11)19/h3-4,6-7,14,17H,5,8-10H2,1-2H3,(H,18,20). The van der Waals surface area contributed by atoms with E-state index in [1.807, 2.05) is 24.3 Å². The van der Waals surface area contributed by atoms with Crippen LogP contribution in [0.3, 0.4) is 0 Å². The van der Waals surface area contributed by atoms with E-state index in [1.165, 1.54) is 0 Å². The van der Waals surface area contributed by atoms with Crippen molar-refractivity contribution in [3.05, 3.63) is 24.3 Å². The Bertz CT molecular complexity index is 583. The van der Waals surface area contributed by atoms with Gasteiger partial charge in [-0.2, -0.15) is 0 Å². The number of hydrogen-bond acceptors (Lipinski definition) is 3. The molecule has 0 radical (unpaired) electrons. The van der Waals surface area contributed by atoms with Gasteiger partial charge < -0.3 is 10.6 Å². The van der Waals surface area contributed by atoms with Crippen LogP contribution in [0.5, 0.6) is 0 Å². The fourth-order valence-electron chi connectivity index (χ4n) is 3.22. The lowest BCUT2D eigenvalue weighted by Crippen LogP contribution is -2.58. The van der Waals surface area contributed by atoms with Gasteiger partial charge in [-0.1, -0.05) is 26.0 Å². The SMILES string of the molecule is CC1(C)CCCNC1C(=O)N1CC(=O)Nc2ccccc21. The number of carbonyl (C=O) groups excluding carboxylic acids is 2. The molecule has 1 fully saturated rings. The summed E-state index contributed by atoms with van der Waals surface area (Å²) in [4.78, 5) is 26.4. The zero-order chi connectivity index (χ0) is 15.0. The summed E-state index contributed by atoms with van der Waals surface area (Å²) in [7, 11) is 0. The molecular weight excluding hydrogens is 266 g/mol. The second kappa shape index (κ2) is 5.15. The van der Waals surface area contributed by atoms with Crippen LogP contribution in [0.2, 0.25) is 0 Å². The molecule has 0 aromatic heterocycles. The van der Waals surface area contributed by atoms with Crippen LogP contribution in [0.1, 0.15) is 26.7 Å². The van der Waals surface area contributed by atoms with Gasteiger partial charge in [-0.15, -0.1) is 0 Å². The van der Waals surface area contributed by atoms with Crippen LogP contribution in [0.4, 0.5) is 11.4 Å². The summed E-state index contributed by atoms with van der Waals surface area (Å²) < 4.78 is 0. The summed E-state index contributed by atoms with van der Waals surface area (Å²) in [6.45, 7) is 5.15. The summed E-state index contributed by atoms with van der Waals surface area (Å²) in [6, 6.07) is 7.20. The molecule has 1 aromatic carbocycles. The molecule has 5 heteroatoms. The fraction of sp³-hybridized carbons (Fsp3) is 0.500. The van der Waals surface area contributed by atoms with Crippen LogP contribution in [0.15, 0.2) is 24.3 Å². The molecule has 0 spiro atoms. The number of piperidine rings is 1. The van der Waals surface area contributed by atoms with Crippen molar-refractivity contribution in [2.45, 2.75) is 32.7 Å². The van der Waals surface area contributed by atoms with Crippen molar-refractivity contribution in [2.75, 3.05) is 23.3 Å². The summed E-state index contributed by atoms with van der Waals surface area (Å²) >= 11 is 0. The zero-order valence-electron chi connectivity index (χ0n) is 12.5. The maximum Gasteiger partial charge on any atom is 0.245 e. The van der Waals surface area contributed by atoms with Gasteiger partial charge >= 0.3 is 0 Å². The van der Waals surface area contributed by atoms with Gasteiger partial charge in [-0.3, -0.25) is 14.5 Å². The normalized spacial score (nSPS) is 24.2. The van der Waals surface area contributed by atoms with Crippen molar-refractivity contribution >= 4 is 23.2 Å². The molecule has 112 valence electrons. The Balaban J connectivity index is 1.93. The molecule has 2 amide bonds. The molecular formula is C16H21N3O2. The molecule has 1 aromatic rings. The van der Waals surface area contributed by atoms with E-state index in [4.69, 9.17) is 0 Å². The second-order valence-electron chi connectivity index (χ2n) is 6.47. The van der Waals surface area contributed by atoms with Crippen LogP contribution in [0, 0.1) is 5.41 Å². The minimum atomic E-state index is -0.245. The Hall–Kier alpha value is -1.88. The first-order chi connectivity index (χ1) is 9.99. The molecule has 1 atom stereocenters. The van der Waals surface area contributed by atoms with E-state index in [2.05, 4.69) is 24.5 Å². The van der Waals surface area contributed by atoms with Gasteiger partial charge in [0.1, 0.15) is 6.54 Å². The number of benzene rings is 1. The van der Waals surface area contributed by atoms with Gasteiger partial charge in [-0.25, -0.2) is 0 Å². The highest BCUT2D eigenvalue weighted by Gasteiger charge is 2.41. The van der Waals surface area contributed by atoms with Gasteiger partial charge in [0.2, 0.25) is 11.8 Å². The molecule has 1 saturated heterocycles. The minimum Gasteiger partial charge on any atom is -0.323 e. The molecule has 2 N–H and O–H groups in total. The second-order valence-corrected chi connectivity index (χ2v) is 6.47. The lowest BCUT2D eigenvalue weighted by Gasteiger charge is -2.41. The Labute approximate surface area is 124 Å². The first-order valence-corrected chi connectivity index (χ1v) is 7.43. The Morgan fingerprint density at radius 3 is 2.86 bits per heavy atom. The monoisotopic (exact) mass is 287 g/mol. The number of nitrogens with one attached hydrogen (secondary N) is 2. The van der Waals surface area contributed by atoms with Gasteiger partial charge in [-0.05, 0) is 36.9 Å². The number of anilines is 2. The molecule has 2 aliphatic heterocycles. The first-order valence-electron chi connectivity index (χ1n) is 7.43. The number of hydrogen-bond donors (Lipinski definition) is 2. The third-order valence-corrected chi connectivity index (χ3v) is 4.41. The molecule has 0 saturated carbocycles. The van der Waals surface area contributed by atoms with Crippen molar-refractivity contribution in [2.24, 2.45) is 5.41 Å². The first kappa shape index (κ1) is 14.1. The van der Waals surface area contributed by atoms with E-state index < -0.39 is 0 Å². The predicted octanol–water partition coefficient (Wildman–Crippen LogP) is 1.75. The smallest absolute Gasteiger partial charge is 0.245 e. The average Bonchev–Trinajstić information content (AvgIpc) is 2.45. The van der Waals surface area contributed by atoms with Crippen molar-refractivity contribution in [1.82, 2.24) is 5.32 Å². The topological polar surface area (TPSA) is 61.4 Å². The van der Waals surface area contributed by atoms with E-state index in [-0.39, 0.29) is 29.8 Å². The predicted molar refractivity (Wildman–Crippen MR) is 82.2 cm³/mol. The molecule has 3 rings (SSSR count). The maximum atomic E-state index is 13.0. The molecule has 0 bridgehead atoms. The summed E-state index contributed by atoms with van der Waals surface area (Å²) in [5.41, 5.74) is 1.39. The summed E-state index contributed by atoms with van der Waals surface area (Å²) in [6.07, 6.45) is 2.09. The highest BCUT2D eigenvalue weighted by molar-refractivity contribution is 6.11. The van der Waals surface area contributed by atoms with Gasteiger partial charge in [0.05, 0.1) is 17.4 Å². The maximum absolute atomic E-state index is 13.0. The van der Waals surface area contributed by atoms with E-state index >= 15 is 0 Å². The van der Waals surface area contributed by atoms with Crippen molar-refractivity contribution in [1.29, 1.82) is 0 Å². The lowest BCUT2D eigenvalue weighted by atomic mass is 9.77. The number of nitrogens with zero attached hydrogens (tertiary/aromatic N) is 1.